The van der Waals surface area contributed by atoms with E-state index in [-0.39, 0.29) is 5.91 Å². The molecule has 0 radical (unpaired) electrons. The van der Waals surface area contributed by atoms with Gasteiger partial charge >= 0.3 is 0 Å². The highest BCUT2D eigenvalue weighted by Crippen LogP contribution is 2.31. The number of anilines is 1. The van der Waals surface area contributed by atoms with Gasteiger partial charge in [-0.3, -0.25) is 15.1 Å². The number of amides is 1. The van der Waals surface area contributed by atoms with Crippen molar-refractivity contribution >= 4 is 22.4 Å². The van der Waals surface area contributed by atoms with Crippen molar-refractivity contribution in [2.45, 2.75) is 13.8 Å². The third-order valence-corrected chi connectivity index (χ3v) is 4.31. The Labute approximate surface area is 143 Å². The lowest BCUT2D eigenvalue weighted by Gasteiger charge is -2.07. The highest BCUT2D eigenvalue weighted by Gasteiger charge is 2.17. The minimum Gasteiger partial charge on any atom is -0.477 e. The number of nitrogens with zero attached hydrogens (tertiary/aromatic N) is 3. The summed E-state index contributed by atoms with van der Waals surface area (Å²) in [6.07, 6.45) is 3.32. The van der Waals surface area contributed by atoms with E-state index >= 15 is 0 Å². The summed E-state index contributed by atoms with van der Waals surface area (Å²) < 4.78 is 5.40. The summed E-state index contributed by atoms with van der Waals surface area (Å²) >= 11 is 1.39. The first-order valence-corrected chi connectivity index (χ1v) is 8.28. The molecule has 0 saturated heterocycles. The standard InChI is InChI=1S/C17H16N4O2S/c1-3-23-16-12(7-6-10-19-16)15(22)21-17-20-11(2)14(24-17)13-8-4-5-9-18-13/h4-10H,3H2,1-2H3,(H,20,21,22). The highest BCUT2D eigenvalue weighted by atomic mass is 32.1. The molecule has 0 aromatic carbocycles. The molecule has 0 spiro atoms. The number of nitrogens with one attached hydrogen (secondary N) is 1. The van der Waals surface area contributed by atoms with Gasteiger partial charge in [0.2, 0.25) is 5.88 Å². The number of carbonyl (C=O) groups excluding carboxylic acids is 1. The second-order valence-electron chi connectivity index (χ2n) is 4.89. The molecule has 0 aliphatic carbocycles. The van der Waals surface area contributed by atoms with E-state index in [1.807, 2.05) is 32.0 Å². The Morgan fingerprint density at radius 1 is 1.21 bits per heavy atom. The minimum atomic E-state index is -0.298. The third-order valence-electron chi connectivity index (χ3n) is 3.21. The number of pyridine rings is 2. The van der Waals surface area contributed by atoms with E-state index in [0.29, 0.717) is 23.2 Å². The first-order chi connectivity index (χ1) is 11.7. The number of aryl methyl sites for hydroxylation is 1. The summed E-state index contributed by atoms with van der Waals surface area (Å²) in [4.78, 5) is 26.3. The van der Waals surface area contributed by atoms with Crippen LogP contribution in [0.25, 0.3) is 10.6 Å². The molecule has 0 aliphatic heterocycles. The third kappa shape index (κ3) is 3.41. The van der Waals surface area contributed by atoms with Gasteiger partial charge < -0.3 is 4.74 Å². The predicted molar refractivity (Wildman–Crippen MR) is 93.4 cm³/mol. The zero-order valence-electron chi connectivity index (χ0n) is 13.3. The SMILES string of the molecule is CCOc1ncccc1C(=O)Nc1nc(C)c(-c2ccccn2)s1. The molecular weight excluding hydrogens is 324 g/mol. The Morgan fingerprint density at radius 3 is 2.79 bits per heavy atom. The molecule has 3 heterocycles. The van der Waals surface area contributed by atoms with E-state index in [9.17, 15) is 4.79 Å². The van der Waals surface area contributed by atoms with E-state index in [0.717, 1.165) is 16.3 Å². The second-order valence-corrected chi connectivity index (χ2v) is 5.89. The molecule has 0 bridgehead atoms. The number of thiazole rings is 1. The number of rotatable bonds is 5. The zero-order valence-corrected chi connectivity index (χ0v) is 14.1. The van der Waals surface area contributed by atoms with E-state index in [2.05, 4.69) is 20.3 Å². The molecule has 24 heavy (non-hydrogen) atoms. The van der Waals surface area contributed by atoms with Crippen LogP contribution in [0, 0.1) is 6.92 Å². The second kappa shape index (κ2) is 7.18. The van der Waals surface area contributed by atoms with Crippen molar-refractivity contribution < 1.29 is 9.53 Å². The molecule has 3 aromatic rings. The number of aromatic nitrogens is 3. The van der Waals surface area contributed by atoms with Crippen LogP contribution in [0.15, 0.2) is 42.7 Å². The highest BCUT2D eigenvalue weighted by molar-refractivity contribution is 7.19. The zero-order chi connectivity index (χ0) is 16.9. The molecule has 3 rings (SSSR count). The van der Waals surface area contributed by atoms with Crippen LogP contribution in [0.5, 0.6) is 5.88 Å². The summed E-state index contributed by atoms with van der Waals surface area (Å²) in [5.74, 6) is 0.0172. The van der Waals surface area contributed by atoms with E-state index < -0.39 is 0 Å². The molecule has 7 heteroatoms. The van der Waals surface area contributed by atoms with Crippen LogP contribution in [0.4, 0.5) is 5.13 Å². The smallest absolute Gasteiger partial charge is 0.262 e. The van der Waals surface area contributed by atoms with Gasteiger partial charge in [0.25, 0.3) is 5.91 Å². The summed E-state index contributed by atoms with van der Waals surface area (Å²) in [5.41, 5.74) is 2.04. The molecule has 1 N–H and O–H groups in total. The summed E-state index contributed by atoms with van der Waals surface area (Å²) in [6, 6.07) is 9.07. The van der Waals surface area contributed by atoms with Gasteiger partial charge in [0.15, 0.2) is 5.13 Å². The van der Waals surface area contributed by atoms with Crippen LogP contribution >= 0.6 is 11.3 Å². The Bertz CT molecular complexity index is 849. The fourth-order valence-electron chi connectivity index (χ4n) is 2.16. The Balaban J connectivity index is 1.83. The molecule has 122 valence electrons. The van der Waals surface area contributed by atoms with Crippen LogP contribution in [-0.2, 0) is 0 Å². The minimum absolute atomic E-state index is 0.298. The van der Waals surface area contributed by atoms with Crippen molar-refractivity contribution in [3.05, 3.63) is 54.0 Å². The summed E-state index contributed by atoms with van der Waals surface area (Å²) in [5, 5.41) is 3.33. The maximum absolute atomic E-state index is 12.5. The molecule has 1 amide bonds. The quantitative estimate of drug-likeness (QED) is 0.768. The molecule has 6 nitrogen and oxygen atoms in total. The van der Waals surface area contributed by atoms with Crippen molar-refractivity contribution in [1.29, 1.82) is 0 Å². The van der Waals surface area contributed by atoms with Gasteiger partial charge in [-0.25, -0.2) is 9.97 Å². The monoisotopic (exact) mass is 340 g/mol. The topological polar surface area (TPSA) is 77.0 Å². The van der Waals surface area contributed by atoms with Crippen LogP contribution in [0.2, 0.25) is 0 Å². The predicted octanol–water partition coefficient (Wildman–Crippen LogP) is 3.56. The first kappa shape index (κ1) is 16.1. The Hall–Kier alpha value is -2.80. The average molecular weight is 340 g/mol. The van der Waals surface area contributed by atoms with Gasteiger partial charge in [-0.15, -0.1) is 0 Å². The largest absolute Gasteiger partial charge is 0.477 e. The Kier molecular flexibility index (Phi) is 4.81. The molecule has 3 aromatic heterocycles. The molecule has 0 unspecified atom stereocenters. The number of hydrogen-bond donors (Lipinski definition) is 1. The van der Waals surface area contributed by atoms with Crippen molar-refractivity contribution in [2.75, 3.05) is 11.9 Å². The van der Waals surface area contributed by atoms with E-state index in [1.54, 1.807) is 24.5 Å². The number of hydrogen-bond acceptors (Lipinski definition) is 6. The first-order valence-electron chi connectivity index (χ1n) is 7.47. The average Bonchev–Trinajstić information content (AvgIpc) is 2.96. The van der Waals surface area contributed by atoms with Crippen molar-refractivity contribution in [2.24, 2.45) is 0 Å². The van der Waals surface area contributed by atoms with Gasteiger partial charge in [-0.05, 0) is 38.1 Å². The number of ether oxygens (including phenoxy) is 1. The van der Waals surface area contributed by atoms with Crippen LogP contribution < -0.4 is 10.1 Å². The van der Waals surface area contributed by atoms with Crippen molar-refractivity contribution in [3.63, 3.8) is 0 Å². The molecule has 0 saturated carbocycles. The van der Waals surface area contributed by atoms with Gasteiger partial charge in [0.05, 0.1) is 22.9 Å². The van der Waals surface area contributed by atoms with Crippen molar-refractivity contribution in [1.82, 2.24) is 15.0 Å². The lowest BCUT2D eigenvalue weighted by molar-refractivity contribution is 0.102. The Morgan fingerprint density at radius 2 is 2.04 bits per heavy atom. The fourth-order valence-corrected chi connectivity index (χ4v) is 3.10. The molecular formula is C17H16N4O2S. The fraction of sp³-hybridized carbons (Fsp3) is 0.176. The van der Waals surface area contributed by atoms with Crippen LogP contribution in [0.1, 0.15) is 23.0 Å². The van der Waals surface area contributed by atoms with Crippen molar-refractivity contribution in [3.8, 4) is 16.5 Å². The van der Waals surface area contributed by atoms with Gasteiger partial charge in [-0.1, -0.05) is 17.4 Å². The van der Waals surface area contributed by atoms with E-state index in [4.69, 9.17) is 4.74 Å². The lowest BCUT2D eigenvalue weighted by Crippen LogP contribution is -2.14. The van der Waals surface area contributed by atoms with E-state index in [1.165, 1.54) is 11.3 Å². The summed E-state index contributed by atoms with van der Waals surface area (Å²) in [6.45, 7) is 4.18. The van der Waals surface area contributed by atoms with Gasteiger partial charge in [-0.2, -0.15) is 0 Å². The molecule has 0 atom stereocenters. The molecule has 0 fully saturated rings. The normalized spacial score (nSPS) is 10.4. The van der Waals surface area contributed by atoms with Crippen LogP contribution in [0.3, 0.4) is 0 Å². The van der Waals surface area contributed by atoms with Gasteiger partial charge in [0.1, 0.15) is 5.56 Å². The van der Waals surface area contributed by atoms with Gasteiger partial charge in [0, 0.05) is 12.4 Å². The molecule has 0 aliphatic rings. The summed E-state index contributed by atoms with van der Waals surface area (Å²) in [7, 11) is 0. The number of carbonyl (C=O) groups is 1. The lowest BCUT2D eigenvalue weighted by atomic mass is 10.2. The maximum Gasteiger partial charge on any atom is 0.262 e. The van der Waals surface area contributed by atoms with Crippen LogP contribution in [-0.4, -0.2) is 27.5 Å². The maximum atomic E-state index is 12.5.